The first-order valence-electron chi connectivity index (χ1n) is 7.78. The van der Waals surface area contributed by atoms with E-state index >= 15 is 0 Å². The van der Waals surface area contributed by atoms with E-state index in [4.69, 9.17) is 14.8 Å². The van der Waals surface area contributed by atoms with Gasteiger partial charge in [-0.2, -0.15) is 10.1 Å². The van der Waals surface area contributed by atoms with Crippen LogP contribution in [0.1, 0.15) is 66.2 Å². The first-order valence-corrected chi connectivity index (χ1v) is 9.02. The van der Waals surface area contributed by atoms with Gasteiger partial charge in [0, 0.05) is 24.2 Å². The molecule has 0 saturated carbocycles. The van der Waals surface area contributed by atoms with Gasteiger partial charge in [-0.05, 0) is 53.4 Å². The number of rotatable bonds is 4. The molecule has 0 aromatic carbocycles. The van der Waals surface area contributed by atoms with Crippen molar-refractivity contribution in [2.75, 3.05) is 13.1 Å². The zero-order chi connectivity index (χ0) is 14.8. The van der Waals surface area contributed by atoms with Gasteiger partial charge in [0.1, 0.15) is 0 Å². The maximum atomic E-state index is 6.11. The van der Waals surface area contributed by atoms with Crippen molar-refractivity contribution in [3.63, 3.8) is 0 Å². The van der Waals surface area contributed by atoms with Crippen molar-refractivity contribution < 1.29 is 9.25 Å². The van der Waals surface area contributed by atoms with Crippen molar-refractivity contribution in [3.05, 3.63) is 0 Å². The summed E-state index contributed by atoms with van der Waals surface area (Å²) in [4.78, 5) is 0. The average Bonchev–Trinajstić information content (AvgIpc) is 2.34. The number of piperidine rings is 2. The van der Waals surface area contributed by atoms with Crippen LogP contribution >= 0.6 is 8.53 Å². The van der Waals surface area contributed by atoms with Crippen LogP contribution in [0, 0.1) is 0 Å². The van der Waals surface area contributed by atoms with E-state index in [1.807, 2.05) is 10.1 Å². The number of hydrogen-bond donors (Lipinski definition) is 1. The Morgan fingerprint density at radius 1 is 0.800 bits per heavy atom. The van der Waals surface area contributed by atoms with Crippen molar-refractivity contribution in [3.8, 4) is 0 Å². The first-order chi connectivity index (χ1) is 9.31. The van der Waals surface area contributed by atoms with Gasteiger partial charge >= 0.3 is 0 Å². The summed E-state index contributed by atoms with van der Waals surface area (Å²) in [5, 5.41) is 4.05. The van der Waals surface area contributed by atoms with Gasteiger partial charge in [0.05, 0.1) is 0 Å². The zero-order valence-corrected chi connectivity index (χ0v) is 14.3. The van der Waals surface area contributed by atoms with Crippen LogP contribution in [0.5, 0.6) is 0 Å². The SMILES string of the molecule is CC1(C)CCCCN1OP(N)ON1CCCCC1(C)C. The molecule has 0 aliphatic carbocycles. The second-order valence-electron chi connectivity index (χ2n) is 7.19. The summed E-state index contributed by atoms with van der Waals surface area (Å²) in [6, 6.07) is 0. The zero-order valence-electron chi connectivity index (χ0n) is 13.4. The number of hydrogen-bond acceptors (Lipinski definition) is 5. The van der Waals surface area contributed by atoms with Crippen LogP contribution in [-0.4, -0.2) is 34.3 Å². The predicted molar refractivity (Wildman–Crippen MR) is 82.5 cm³/mol. The van der Waals surface area contributed by atoms with Gasteiger partial charge in [0.2, 0.25) is 0 Å². The highest BCUT2D eigenvalue weighted by Gasteiger charge is 2.36. The highest BCUT2D eigenvalue weighted by Crippen LogP contribution is 2.41. The number of nitrogens with two attached hydrogens (primary N) is 1. The Bertz CT molecular complexity index is 296. The van der Waals surface area contributed by atoms with Gasteiger partial charge in [-0.25, -0.2) is 9.25 Å². The molecule has 2 aliphatic rings. The van der Waals surface area contributed by atoms with Crippen molar-refractivity contribution >= 4 is 8.53 Å². The molecule has 2 aliphatic heterocycles. The molecule has 5 nitrogen and oxygen atoms in total. The maximum absolute atomic E-state index is 6.11. The Labute approximate surface area is 124 Å². The van der Waals surface area contributed by atoms with Crippen LogP contribution in [0.4, 0.5) is 0 Å². The topological polar surface area (TPSA) is 51.0 Å². The van der Waals surface area contributed by atoms with Crippen LogP contribution in [0.3, 0.4) is 0 Å². The summed E-state index contributed by atoms with van der Waals surface area (Å²) in [5.41, 5.74) is 6.22. The monoisotopic (exact) mass is 303 g/mol. The molecule has 2 rings (SSSR count). The summed E-state index contributed by atoms with van der Waals surface area (Å²) in [6.45, 7) is 10.7. The Balaban J connectivity index is 1.86. The fourth-order valence-corrected chi connectivity index (χ4v) is 4.02. The van der Waals surface area contributed by atoms with Gasteiger partial charge in [-0.3, -0.25) is 5.50 Å². The first kappa shape index (κ1) is 16.6. The minimum Gasteiger partial charge on any atom is -0.262 e. The maximum Gasteiger partial charge on any atom is 0.289 e. The van der Waals surface area contributed by atoms with Crippen molar-refractivity contribution in [2.24, 2.45) is 5.50 Å². The summed E-state index contributed by atoms with van der Waals surface area (Å²) in [7, 11) is -1.39. The van der Waals surface area contributed by atoms with Crippen LogP contribution in [0.25, 0.3) is 0 Å². The van der Waals surface area contributed by atoms with E-state index < -0.39 is 8.53 Å². The van der Waals surface area contributed by atoms with Crippen molar-refractivity contribution in [1.29, 1.82) is 0 Å². The molecule has 2 N–H and O–H groups in total. The van der Waals surface area contributed by atoms with Crippen LogP contribution < -0.4 is 5.50 Å². The summed E-state index contributed by atoms with van der Waals surface area (Å²) in [5.74, 6) is 0. The molecule has 0 spiro atoms. The molecule has 20 heavy (non-hydrogen) atoms. The van der Waals surface area contributed by atoms with E-state index in [1.54, 1.807) is 0 Å². The number of nitrogens with zero attached hydrogens (tertiary/aromatic N) is 2. The molecule has 2 heterocycles. The second-order valence-corrected chi connectivity index (χ2v) is 8.09. The largest absolute Gasteiger partial charge is 0.289 e. The van der Waals surface area contributed by atoms with Gasteiger partial charge in [-0.1, -0.05) is 12.8 Å². The van der Waals surface area contributed by atoms with E-state index in [2.05, 4.69) is 27.7 Å². The molecular weight excluding hydrogens is 273 g/mol. The Morgan fingerprint density at radius 3 is 1.55 bits per heavy atom. The molecule has 0 aromatic rings. The van der Waals surface area contributed by atoms with Crippen LogP contribution in [0.15, 0.2) is 0 Å². The van der Waals surface area contributed by atoms with E-state index in [0.29, 0.717) is 0 Å². The Hall–Kier alpha value is 0.230. The minimum absolute atomic E-state index is 0.0545. The summed E-state index contributed by atoms with van der Waals surface area (Å²) in [6.07, 6.45) is 7.14. The van der Waals surface area contributed by atoms with E-state index in [-0.39, 0.29) is 11.1 Å². The Kier molecular flexibility index (Phi) is 5.44. The van der Waals surface area contributed by atoms with Crippen LogP contribution in [0.2, 0.25) is 0 Å². The van der Waals surface area contributed by atoms with Gasteiger partial charge in [0.25, 0.3) is 8.53 Å². The smallest absolute Gasteiger partial charge is 0.262 e. The lowest BCUT2D eigenvalue weighted by Gasteiger charge is -2.44. The lowest BCUT2D eigenvalue weighted by atomic mass is 9.93. The van der Waals surface area contributed by atoms with E-state index in [1.165, 1.54) is 25.7 Å². The molecule has 118 valence electrons. The standard InChI is InChI=1S/C14H30N3O2P/c1-13(2)9-5-7-11-16(13)18-20(15)19-17-12-8-6-10-14(17,3)4/h5-12,15H2,1-4H3. The second kappa shape index (κ2) is 6.55. The molecule has 0 bridgehead atoms. The molecular formula is C14H30N3O2P. The molecule has 0 unspecified atom stereocenters. The normalized spacial score (nSPS) is 27.9. The lowest BCUT2D eigenvalue weighted by molar-refractivity contribution is -0.190. The van der Waals surface area contributed by atoms with Crippen molar-refractivity contribution in [2.45, 2.75) is 77.3 Å². The van der Waals surface area contributed by atoms with Gasteiger partial charge in [-0.15, -0.1) is 0 Å². The summed E-state index contributed by atoms with van der Waals surface area (Å²) < 4.78 is 11.8. The lowest BCUT2D eigenvalue weighted by Crippen LogP contribution is -2.49. The van der Waals surface area contributed by atoms with Gasteiger partial charge in [0.15, 0.2) is 0 Å². The minimum atomic E-state index is -1.39. The molecule has 0 atom stereocenters. The molecule has 2 fully saturated rings. The molecule has 2 saturated heterocycles. The third-order valence-corrected chi connectivity index (χ3v) is 5.22. The average molecular weight is 303 g/mol. The molecule has 0 radical (unpaired) electrons. The molecule has 0 amide bonds. The predicted octanol–water partition coefficient (Wildman–Crippen LogP) is 3.56. The highest BCUT2D eigenvalue weighted by molar-refractivity contribution is 7.44. The Morgan fingerprint density at radius 2 is 1.20 bits per heavy atom. The fraction of sp³-hybridized carbons (Fsp3) is 1.00. The van der Waals surface area contributed by atoms with Crippen LogP contribution in [-0.2, 0) is 9.25 Å². The quantitative estimate of drug-likeness (QED) is 0.805. The van der Waals surface area contributed by atoms with E-state index in [0.717, 1.165) is 25.9 Å². The highest BCUT2D eigenvalue weighted by atomic mass is 31.2. The number of hydroxylamine groups is 4. The third-order valence-electron chi connectivity index (χ3n) is 4.51. The fourth-order valence-electron chi connectivity index (χ4n) is 2.99. The summed E-state index contributed by atoms with van der Waals surface area (Å²) >= 11 is 0. The van der Waals surface area contributed by atoms with E-state index in [9.17, 15) is 0 Å². The molecule has 6 heteroatoms. The van der Waals surface area contributed by atoms with Crippen molar-refractivity contribution in [1.82, 2.24) is 10.1 Å². The molecule has 0 aromatic heterocycles. The van der Waals surface area contributed by atoms with Gasteiger partial charge < -0.3 is 0 Å². The third kappa shape index (κ3) is 4.12.